The number of aryl methyl sites for hydroxylation is 1. The van der Waals surface area contributed by atoms with Crippen LogP contribution in [0, 0.1) is 5.41 Å². The van der Waals surface area contributed by atoms with E-state index in [2.05, 4.69) is 20.8 Å². The third-order valence-corrected chi connectivity index (χ3v) is 3.47. The van der Waals surface area contributed by atoms with Gasteiger partial charge >= 0.3 is 0 Å². The van der Waals surface area contributed by atoms with Crippen LogP contribution in [0.1, 0.15) is 25.6 Å². The highest BCUT2D eigenvalue weighted by atomic mass is 16.2. The summed E-state index contributed by atoms with van der Waals surface area (Å²) in [7, 11) is 1.87. The van der Waals surface area contributed by atoms with Crippen molar-refractivity contribution >= 4 is 5.91 Å². The Labute approximate surface area is 101 Å². The molecule has 1 fully saturated rings. The molecule has 1 saturated heterocycles. The first-order valence-electron chi connectivity index (χ1n) is 5.94. The van der Waals surface area contributed by atoms with Crippen LogP contribution in [0.4, 0.5) is 0 Å². The Hall–Kier alpha value is -1.43. The number of aromatic nitrogens is 3. The van der Waals surface area contributed by atoms with Crippen molar-refractivity contribution in [3.8, 4) is 0 Å². The summed E-state index contributed by atoms with van der Waals surface area (Å²) in [6.45, 7) is 4.29. The monoisotopic (exact) mass is 237 g/mol. The minimum atomic E-state index is -0.246. The SMILES string of the molecule is Cn1cnnc1CNC(=O)C1(C)CCNCC1. The van der Waals surface area contributed by atoms with Gasteiger partial charge in [0, 0.05) is 12.5 Å². The number of hydrogen-bond acceptors (Lipinski definition) is 4. The number of nitrogens with zero attached hydrogens (tertiary/aromatic N) is 3. The largest absolute Gasteiger partial charge is 0.348 e. The fraction of sp³-hybridized carbons (Fsp3) is 0.727. The second-order valence-corrected chi connectivity index (χ2v) is 4.85. The fourth-order valence-electron chi connectivity index (χ4n) is 2.05. The van der Waals surface area contributed by atoms with Crippen LogP contribution in [-0.2, 0) is 18.4 Å². The van der Waals surface area contributed by atoms with Crippen molar-refractivity contribution in [1.82, 2.24) is 25.4 Å². The second kappa shape index (κ2) is 4.83. The van der Waals surface area contributed by atoms with Crippen LogP contribution < -0.4 is 10.6 Å². The van der Waals surface area contributed by atoms with Gasteiger partial charge in [-0.25, -0.2) is 0 Å². The zero-order valence-corrected chi connectivity index (χ0v) is 10.4. The Balaban J connectivity index is 1.91. The van der Waals surface area contributed by atoms with Gasteiger partial charge in [0.2, 0.25) is 5.91 Å². The fourth-order valence-corrected chi connectivity index (χ4v) is 2.05. The van der Waals surface area contributed by atoms with Crippen LogP contribution in [0.25, 0.3) is 0 Å². The quantitative estimate of drug-likeness (QED) is 0.765. The van der Waals surface area contributed by atoms with Crippen molar-refractivity contribution in [1.29, 1.82) is 0 Å². The Morgan fingerprint density at radius 2 is 2.29 bits per heavy atom. The maximum absolute atomic E-state index is 12.1. The van der Waals surface area contributed by atoms with Crippen molar-refractivity contribution in [2.75, 3.05) is 13.1 Å². The molecule has 1 aliphatic heterocycles. The maximum Gasteiger partial charge on any atom is 0.226 e. The van der Waals surface area contributed by atoms with E-state index in [1.807, 2.05) is 18.5 Å². The molecule has 0 bridgehead atoms. The lowest BCUT2D eigenvalue weighted by Gasteiger charge is -2.32. The Bertz CT molecular complexity index is 394. The number of hydrogen-bond donors (Lipinski definition) is 2. The molecule has 6 heteroatoms. The molecule has 1 aromatic rings. The van der Waals surface area contributed by atoms with Crippen LogP contribution in [0.15, 0.2) is 6.33 Å². The molecule has 0 aromatic carbocycles. The molecule has 1 aliphatic rings. The normalized spacial score (nSPS) is 18.9. The Morgan fingerprint density at radius 3 is 2.88 bits per heavy atom. The predicted molar refractivity (Wildman–Crippen MR) is 63.1 cm³/mol. The third kappa shape index (κ3) is 2.63. The summed E-state index contributed by atoms with van der Waals surface area (Å²) in [4.78, 5) is 12.1. The van der Waals surface area contributed by atoms with Crippen LogP contribution in [-0.4, -0.2) is 33.8 Å². The van der Waals surface area contributed by atoms with Gasteiger partial charge in [-0.15, -0.1) is 10.2 Å². The maximum atomic E-state index is 12.1. The minimum Gasteiger partial charge on any atom is -0.348 e. The van der Waals surface area contributed by atoms with Gasteiger partial charge in [0.1, 0.15) is 6.33 Å². The molecular formula is C11H19N5O. The Kier molecular flexibility index (Phi) is 3.42. The first-order chi connectivity index (χ1) is 8.12. The molecule has 2 rings (SSSR count). The van der Waals surface area contributed by atoms with Crippen LogP contribution >= 0.6 is 0 Å². The highest BCUT2D eigenvalue weighted by molar-refractivity contribution is 5.82. The molecule has 0 aliphatic carbocycles. The second-order valence-electron chi connectivity index (χ2n) is 4.85. The average Bonchev–Trinajstić information content (AvgIpc) is 2.73. The van der Waals surface area contributed by atoms with Gasteiger partial charge in [-0.3, -0.25) is 4.79 Å². The molecule has 0 saturated carbocycles. The summed E-state index contributed by atoms with van der Waals surface area (Å²) in [6, 6.07) is 0. The zero-order valence-electron chi connectivity index (χ0n) is 10.4. The molecule has 94 valence electrons. The van der Waals surface area contributed by atoms with Crippen LogP contribution in [0.2, 0.25) is 0 Å². The number of nitrogens with one attached hydrogen (secondary N) is 2. The highest BCUT2D eigenvalue weighted by Gasteiger charge is 2.34. The van der Waals surface area contributed by atoms with E-state index in [9.17, 15) is 4.79 Å². The topological polar surface area (TPSA) is 71.8 Å². The van der Waals surface area contributed by atoms with E-state index < -0.39 is 0 Å². The van der Waals surface area contributed by atoms with Gasteiger partial charge < -0.3 is 15.2 Å². The predicted octanol–water partition coefficient (Wildman–Crippen LogP) is -0.179. The first kappa shape index (κ1) is 12.0. The summed E-state index contributed by atoms with van der Waals surface area (Å²) in [5.41, 5.74) is -0.246. The zero-order chi connectivity index (χ0) is 12.3. The minimum absolute atomic E-state index is 0.113. The number of amides is 1. The first-order valence-corrected chi connectivity index (χ1v) is 5.94. The smallest absolute Gasteiger partial charge is 0.226 e. The summed E-state index contributed by atoms with van der Waals surface area (Å²) in [5, 5.41) is 13.9. The van der Waals surface area contributed by atoms with E-state index in [-0.39, 0.29) is 11.3 Å². The molecule has 17 heavy (non-hydrogen) atoms. The van der Waals surface area contributed by atoms with Gasteiger partial charge in [-0.1, -0.05) is 6.92 Å². The summed E-state index contributed by atoms with van der Waals surface area (Å²) < 4.78 is 1.81. The van der Waals surface area contributed by atoms with Crippen molar-refractivity contribution < 1.29 is 4.79 Å². The molecule has 2 N–H and O–H groups in total. The lowest BCUT2D eigenvalue weighted by molar-refractivity contribution is -0.131. The van der Waals surface area contributed by atoms with E-state index in [0.717, 1.165) is 31.8 Å². The number of carbonyl (C=O) groups excluding carboxylic acids is 1. The number of carbonyl (C=O) groups is 1. The van der Waals surface area contributed by atoms with Gasteiger partial charge in [-0.05, 0) is 25.9 Å². The third-order valence-electron chi connectivity index (χ3n) is 3.47. The van der Waals surface area contributed by atoms with E-state index in [0.29, 0.717) is 6.54 Å². The van der Waals surface area contributed by atoms with Gasteiger partial charge in [0.15, 0.2) is 5.82 Å². The van der Waals surface area contributed by atoms with Gasteiger partial charge in [0.05, 0.1) is 6.54 Å². The van der Waals surface area contributed by atoms with E-state index in [1.54, 1.807) is 6.33 Å². The lowest BCUT2D eigenvalue weighted by atomic mass is 9.80. The van der Waals surface area contributed by atoms with Gasteiger partial charge in [0.25, 0.3) is 0 Å². The molecule has 0 radical (unpaired) electrons. The van der Waals surface area contributed by atoms with Crippen molar-refractivity contribution in [2.24, 2.45) is 12.5 Å². The lowest BCUT2D eigenvalue weighted by Crippen LogP contribution is -2.45. The van der Waals surface area contributed by atoms with Crippen molar-refractivity contribution in [3.05, 3.63) is 12.2 Å². The molecule has 6 nitrogen and oxygen atoms in total. The summed E-state index contributed by atoms with van der Waals surface area (Å²) >= 11 is 0. The number of rotatable bonds is 3. The highest BCUT2D eigenvalue weighted by Crippen LogP contribution is 2.27. The van der Waals surface area contributed by atoms with Crippen LogP contribution in [0.3, 0.4) is 0 Å². The van der Waals surface area contributed by atoms with Crippen LogP contribution in [0.5, 0.6) is 0 Å². The van der Waals surface area contributed by atoms with E-state index >= 15 is 0 Å². The Morgan fingerprint density at radius 1 is 1.59 bits per heavy atom. The molecule has 0 atom stereocenters. The average molecular weight is 237 g/mol. The summed E-state index contributed by atoms with van der Waals surface area (Å²) in [6.07, 6.45) is 3.41. The molecule has 0 unspecified atom stereocenters. The molecule has 2 heterocycles. The van der Waals surface area contributed by atoms with E-state index in [1.165, 1.54) is 0 Å². The molecular weight excluding hydrogens is 218 g/mol. The van der Waals surface area contributed by atoms with Gasteiger partial charge in [-0.2, -0.15) is 0 Å². The van der Waals surface area contributed by atoms with Crippen molar-refractivity contribution in [2.45, 2.75) is 26.3 Å². The molecule has 1 aromatic heterocycles. The standard InChI is InChI=1S/C11H19N5O/c1-11(3-5-12-6-4-11)10(17)13-7-9-15-14-8-16(9)2/h8,12H,3-7H2,1-2H3,(H,13,17). The number of piperidine rings is 1. The van der Waals surface area contributed by atoms with E-state index in [4.69, 9.17) is 0 Å². The molecule has 1 amide bonds. The van der Waals surface area contributed by atoms with Crippen molar-refractivity contribution in [3.63, 3.8) is 0 Å². The molecule has 0 spiro atoms. The summed E-state index contributed by atoms with van der Waals surface area (Å²) in [5.74, 6) is 0.887.